The number of likely N-dealkylation sites (N-methyl/N-ethyl adjacent to an activating group) is 1. The Kier molecular flexibility index (Phi) is 71.6. The van der Waals surface area contributed by atoms with Crippen LogP contribution in [0.5, 0.6) is 0 Å². The van der Waals surface area contributed by atoms with Gasteiger partial charge in [0.1, 0.15) is 19.8 Å². The number of unbranched alkanes of at least 4 members (excludes halogenated alkanes) is 54. The normalized spacial score (nSPS) is 13.2. The van der Waals surface area contributed by atoms with Crippen molar-refractivity contribution in [1.82, 2.24) is 0 Å². The summed E-state index contributed by atoms with van der Waals surface area (Å²) < 4.78 is 34.8. The van der Waals surface area contributed by atoms with Crippen LogP contribution in [-0.4, -0.2) is 74.9 Å². The Labute approximate surface area is 573 Å². The van der Waals surface area contributed by atoms with Gasteiger partial charge in [-0.1, -0.05) is 371 Å². The van der Waals surface area contributed by atoms with E-state index in [1.807, 2.05) is 21.1 Å². The molecule has 0 radical (unpaired) electrons. The second kappa shape index (κ2) is 73.2. The van der Waals surface area contributed by atoms with Crippen molar-refractivity contribution in [1.29, 1.82) is 0 Å². The molecule has 0 aliphatic rings. The van der Waals surface area contributed by atoms with E-state index in [0.717, 1.165) is 44.9 Å². The smallest absolute Gasteiger partial charge is 0.462 e. The number of phosphoric ester groups is 1. The van der Waals surface area contributed by atoms with Gasteiger partial charge in [-0.2, -0.15) is 0 Å². The van der Waals surface area contributed by atoms with Crippen LogP contribution in [0.4, 0.5) is 0 Å². The number of esters is 2. The van der Waals surface area contributed by atoms with E-state index in [1.165, 1.54) is 334 Å². The molecule has 1 N–H and O–H groups in total. The van der Waals surface area contributed by atoms with Crippen LogP contribution < -0.4 is 0 Å². The fourth-order valence-electron chi connectivity index (χ4n) is 12.1. The molecule has 10 heteroatoms. The summed E-state index contributed by atoms with van der Waals surface area (Å²) in [5, 5.41) is 0. The first-order valence-corrected chi connectivity index (χ1v) is 41.9. The van der Waals surface area contributed by atoms with Crippen LogP contribution in [0.2, 0.25) is 0 Å². The van der Waals surface area contributed by atoms with E-state index in [0.29, 0.717) is 23.9 Å². The van der Waals surface area contributed by atoms with E-state index in [1.54, 1.807) is 0 Å². The standard InChI is InChI=1S/C82H156NO8P/c1-6-8-10-12-14-16-18-20-22-24-26-28-30-32-34-36-38-40-41-43-45-47-49-51-53-55-57-59-61-63-65-67-69-71-73-75-82(85)91-80(79-90-92(86,87)89-77-76-83(3,4)5)78-88-81(84)74-72-70-68-66-64-62-60-58-56-54-52-50-48-46-44-42-39-37-35-33-31-29-27-25-23-21-19-17-15-13-11-9-7-2/h18-21,24-27,80H,6-17,22-23,28-79H2,1-5H3/p+1/b20-18-,21-19-,26-24-,27-25-. The zero-order valence-electron chi connectivity index (χ0n) is 62.1. The summed E-state index contributed by atoms with van der Waals surface area (Å²) >= 11 is 0. The van der Waals surface area contributed by atoms with Crippen LogP contribution in [0.25, 0.3) is 0 Å². The second-order valence-corrected chi connectivity index (χ2v) is 30.3. The van der Waals surface area contributed by atoms with Crippen LogP contribution >= 0.6 is 7.82 Å². The van der Waals surface area contributed by atoms with Gasteiger partial charge < -0.3 is 18.9 Å². The van der Waals surface area contributed by atoms with Crippen molar-refractivity contribution in [3.63, 3.8) is 0 Å². The molecule has 0 saturated heterocycles. The molecule has 0 fully saturated rings. The maximum atomic E-state index is 12.9. The Hall–Kier alpha value is -2.03. The lowest BCUT2D eigenvalue weighted by Gasteiger charge is -2.24. The van der Waals surface area contributed by atoms with Crippen LogP contribution in [-0.2, 0) is 32.7 Å². The Morgan fingerprint density at radius 1 is 0.337 bits per heavy atom. The molecule has 0 aliphatic heterocycles. The van der Waals surface area contributed by atoms with E-state index in [9.17, 15) is 19.0 Å². The Morgan fingerprint density at radius 2 is 0.587 bits per heavy atom. The molecule has 0 aromatic heterocycles. The molecule has 0 saturated carbocycles. The summed E-state index contributed by atoms with van der Waals surface area (Å²) in [6, 6.07) is 0. The van der Waals surface area contributed by atoms with E-state index in [-0.39, 0.29) is 25.6 Å². The highest BCUT2D eigenvalue weighted by Crippen LogP contribution is 2.43. The molecule has 2 atom stereocenters. The van der Waals surface area contributed by atoms with Crippen molar-refractivity contribution in [2.24, 2.45) is 0 Å². The van der Waals surface area contributed by atoms with Crippen molar-refractivity contribution < 1.29 is 42.1 Å². The molecule has 0 amide bonds. The van der Waals surface area contributed by atoms with Gasteiger partial charge in [-0.3, -0.25) is 18.6 Å². The summed E-state index contributed by atoms with van der Waals surface area (Å²) in [5.41, 5.74) is 0. The van der Waals surface area contributed by atoms with Crippen LogP contribution in [0.1, 0.15) is 412 Å². The number of hydrogen-bond donors (Lipinski definition) is 1. The molecule has 542 valence electrons. The fourth-order valence-corrected chi connectivity index (χ4v) is 12.9. The number of carbonyl (C=O) groups excluding carboxylic acids is 2. The van der Waals surface area contributed by atoms with E-state index in [2.05, 4.69) is 62.5 Å². The molecule has 0 aromatic rings. The summed E-state index contributed by atoms with van der Waals surface area (Å²) in [5.74, 6) is -0.772. The number of nitrogens with zero attached hydrogens (tertiary/aromatic N) is 1. The first kappa shape index (κ1) is 90.0. The number of ether oxygens (including phenoxy) is 2. The number of carbonyl (C=O) groups is 2. The minimum absolute atomic E-state index is 0.0347. The molecule has 0 aliphatic carbocycles. The zero-order valence-corrected chi connectivity index (χ0v) is 63.0. The quantitative estimate of drug-likeness (QED) is 0.0211. The summed E-state index contributed by atoms with van der Waals surface area (Å²) in [6.45, 7) is 4.49. The lowest BCUT2D eigenvalue weighted by atomic mass is 10.0. The molecule has 0 spiro atoms. The topological polar surface area (TPSA) is 108 Å². The van der Waals surface area contributed by atoms with E-state index >= 15 is 0 Å². The van der Waals surface area contributed by atoms with Gasteiger partial charge >= 0.3 is 19.8 Å². The largest absolute Gasteiger partial charge is 0.472 e. The van der Waals surface area contributed by atoms with Gasteiger partial charge in [0.05, 0.1) is 27.7 Å². The Morgan fingerprint density at radius 3 is 0.859 bits per heavy atom. The zero-order chi connectivity index (χ0) is 66.9. The predicted molar refractivity (Wildman–Crippen MR) is 400 cm³/mol. The number of phosphoric acid groups is 1. The highest BCUT2D eigenvalue weighted by atomic mass is 31.2. The number of rotatable bonds is 76. The predicted octanol–water partition coefficient (Wildman–Crippen LogP) is 26.7. The van der Waals surface area contributed by atoms with Gasteiger partial charge in [0.15, 0.2) is 6.10 Å². The maximum absolute atomic E-state index is 12.9. The fraction of sp³-hybridized carbons (Fsp3) is 0.878. The van der Waals surface area contributed by atoms with Crippen molar-refractivity contribution in [2.45, 2.75) is 418 Å². The second-order valence-electron chi connectivity index (χ2n) is 28.8. The van der Waals surface area contributed by atoms with Crippen LogP contribution in [0.15, 0.2) is 48.6 Å². The molecule has 0 rings (SSSR count). The molecule has 2 unspecified atom stereocenters. The molecular formula is C82H157NO8P+. The average Bonchev–Trinajstić information content (AvgIpc) is 2.14. The van der Waals surface area contributed by atoms with Crippen LogP contribution in [0, 0.1) is 0 Å². The van der Waals surface area contributed by atoms with E-state index < -0.39 is 26.5 Å². The highest BCUT2D eigenvalue weighted by Gasteiger charge is 2.27. The summed E-state index contributed by atoms with van der Waals surface area (Å²) in [7, 11) is 1.50. The SMILES string of the molecule is CCCCCCC/C=C\C/C=C\CCCCCCCCCCCCCCCCCCCCCCCCCC(=O)OC(COC(=O)CCCCCCCCCCCCCCCCCCCCCCC/C=C\C/C=C\CCCCCCC)COP(=O)(O)OCC[N+](C)(C)C. The molecular weight excluding hydrogens is 1160 g/mol. The maximum Gasteiger partial charge on any atom is 0.472 e. The van der Waals surface area contributed by atoms with Gasteiger partial charge in [0.25, 0.3) is 0 Å². The molecule has 0 bridgehead atoms. The minimum Gasteiger partial charge on any atom is -0.462 e. The van der Waals surface area contributed by atoms with Crippen molar-refractivity contribution in [3.05, 3.63) is 48.6 Å². The van der Waals surface area contributed by atoms with Crippen LogP contribution in [0.3, 0.4) is 0 Å². The average molecular weight is 1320 g/mol. The van der Waals surface area contributed by atoms with Gasteiger partial charge in [0, 0.05) is 12.8 Å². The summed E-state index contributed by atoms with van der Waals surface area (Å²) in [6.07, 6.45) is 96.9. The molecule has 0 aromatic carbocycles. The first-order chi connectivity index (χ1) is 45.0. The van der Waals surface area contributed by atoms with Crippen molar-refractivity contribution in [3.8, 4) is 0 Å². The van der Waals surface area contributed by atoms with E-state index in [4.69, 9.17) is 18.5 Å². The van der Waals surface area contributed by atoms with Crippen molar-refractivity contribution in [2.75, 3.05) is 47.5 Å². The molecule has 0 heterocycles. The monoisotopic (exact) mass is 1320 g/mol. The lowest BCUT2D eigenvalue weighted by Crippen LogP contribution is -2.37. The third-order valence-electron chi connectivity index (χ3n) is 18.3. The number of quaternary nitrogens is 1. The van der Waals surface area contributed by atoms with Gasteiger partial charge in [0.2, 0.25) is 0 Å². The van der Waals surface area contributed by atoms with Gasteiger partial charge in [-0.05, 0) is 77.0 Å². The lowest BCUT2D eigenvalue weighted by molar-refractivity contribution is -0.870. The Balaban J connectivity index is 3.91. The third-order valence-corrected chi connectivity index (χ3v) is 19.3. The van der Waals surface area contributed by atoms with Crippen molar-refractivity contribution >= 4 is 19.8 Å². The Bertz CT molecular complexity index is 1690. The van der Waals surface area contributed by atoms with Gasteiger partial charge in [-0.15, -0.1) is 0 Å². The molecule has 9 nitrogen and oxygen atoms in total. The number of allylic oxidation sites excluding steroid dienone is 8. The number of hydrogen-bond acceptors (Lipinski definition) is 7. The summed E-state index contributed by atoms with van der Waals surface area (Å²) in [4.78, 5) is 36.0. The van der Waals surface area contributed by atoms with Gasteiger partial charge in [-0.25, -0.2) is 4.57 Å². The first-order valence-electron chi connectivity index (χ1n) is 40.4. The highest BCUT2D eigenvalue weighted by molar-refractivity contribution is 7.47. The third kappa shape index (κ3) is 77.0. The molecule has 92 heavy (non-hydrogen) atoms. The minimum atomic E-state index is -4.39.